The number of phenolic OH excluding ortho intramolecular Hbond substituents is 4. The van der Waals surface area contributed by atoms with Crippen molar-refractivity contribution in [3.05, 3.63) is 217 Å². The van der Waals surface area contributed by atoms with Crippen LogP contribution in [-0.4, -0.2) is 35.9 Å². The third-order valence-corrected chi connectivity index (χ3v) is 14.8. The van der Waals surface area contributed by atoms with Gasteiger partial charge < -0.3 is 30.1 Å². The monoisotopic (exact) mass is 1030 g/mol. The van der Waals surface area contributed by atoms with Gasteiger partial charge in [-0.3, -0.25) is 9.36 Å². The number of halogens is 1. The second-order valence-corrected chi connectivity index (χ2v) is 19.2. The summed E-state index contributed by atoms with van der Waals surface area (Å²) in [6.07, 6.45) is 0. The number of carbonyl (C=O) groups excluding carboxylic acids is 1. The molecule has 5 N–H and O–H groups in total. The third kappa shape index (κ3) is 11.0. The van der Waals surface area contributed by atoms with Gasteiger partial charge in [0, 0.05) is 39.6 Å². The number of aromatic hydroxyl groups is 4. The van der Waals surface area contributed by atoms with Crippen molar-refractivity contribution in [2.75, 3.05) is 4.61 Å². The highest BCUT2D eigenvalue weighted by molar-refractivity contribution is 14.1. The zero-order valence-electron chi connectivity index (χ0n) is 35.8. The van der Waals surface area contributed by atoms with E-state index in [-0.39, 0.29) is 33.4 Å². The highest BCUT2D eigenvalue weighted by Gasteiger charge is 2.54. The molecular weight excluding hydrogens is 985 g/mol. The Balaban J connectivity index is 0.000000168. The van der Waals surface area contributed by atoms with Crippen LogP contribution in [0.4, 0.5) is 0 Å². The van der Waals surface area contributed by atoms with E-state index < -0.39 is 20.2 Å². The van der Waals surface area contributed by atoms with Crippen molar-refractivity contribution in [2.45, 2.75) is 19.0 Å². The van der Waals surface area contributed by atoms with E-state index in [0.717, 1.165) is 38.1 Å². The number of hydrogen-bond donors (Lipinski definition) is 5. The van der Waals surface area contributed by atoms with Crippen LogP contribution in [0.5, 0.6) is 28.7 Å². The summed E-state index contributed by atoms with van der Waals surface area (Å²) < 4.78 is 38.8. The number of Topliss-reactive ketones (excluding diaryl/α,β-unsaturated/α-hetero) is 1. The van der Waals surface area contributed by atoms with Crippen LogP contribution in [0.25, 0.3) is 32.6 Å². The highest BCUT2D eigenvalue weighted by atomic mass is 127. The van der Waals surface area contributed by atoms with Crippen LogP contribution in [0.3, 0.4) is 0 Å². The number of fused-ring (bicyclic) bond motifs is 6. The molecule has 3 unspecified atom stereocenters. The number of benzene rings is 8. The molecular formula is C53H46IO10P2+. The summed E-state index contributed by atoms with van der Waals surface area (Å²) in [5.74, 6) is 0.641. The summed E-state index contributed by atoms with van der Waals surface area (Å²) in [6.45, 7) is 3.40. The minimum atomic E-state index is -3.69. The van der Waals surface area contributed by atoms with Gasteiger partial charge in [0.15, 0.2) is 11.4 Å². The lowest BCUT2D eigenvalue weighted by Gasteiger charge is -2.41. The van der Waals surface area contributed by atoms with Crippen LogP contribution in [0.1, 0.15) is 35.3 Å². The van der Waals surface area contributed by atoms with Gasteiger partial charge in [-0.1, -0.05) is 162 Å². The first-order valence-electron chi connectivity index (χ1n) is 20.4. The standard InChI is InChI=1S/C26H21O4P.C12H8O2P.C8H8O.C6H6O2.CH3IO/c1-26(18-9-3-2-4-10-18,22-16-15-19(27)17-23(22)28)31(29)25-14-8-6-12-21(25)20-11-5-7-13-24(20)30-31;13-15-12-8-4-2-6-10(12)9-5-1-3-7-11(9)14-15;1-7(9)8-5-3-2-4-6-8;7-5-2-1-3-6(8)4-5;2-1-3/h2-17,27-28H,1H3;1-8H;2-6H,1H3;1-4,7-8H;3H,1H2/q;+1;;;. The molecule has 334 valence electrons. The SMILES string of the molecule is CC(=O)c1ccccc1.CC(c1ccccc1)(c1ccc(O)cc1O)P1(=O)Oc2ccccc2-c2ccccc21.O=[p+]1oc2ccccc2c2ccccc21.OCI.Oc1cccc(O)c1. The number of alkyl halides is 1. The maximum atomic E-state index is 15.1. The van der Waals surface area contributed by atoms with E-state index in [1.807, 2.05) is 187 Å². The van der Waals surface area contributed by atoms with Crippen LogP contribution in [0.15, 0.2) is 204 Å². The van der Waals surface area contributed by atoms with Crippen molar-refractivity contribution in [1.82, 2.24) is 0 Å². The molecule has 3 atom stereocenters. The number of ketones is 1. The Labute approximate surface area is 396 Å². The van der Waals surface area contributed by atoms with Crippen LogP contribution < -0.4 is 9.83 Å². The zero-order valence-corrected chi connectivity index (χ0v) is 39.8. The summed E-state index contributed by atoms with van der Waals surface area (Å²) in [4.78, 5) is 10.6. The normalized spacial score (nSPS) is 14.2. The maximum absolute atomic E-state index is 15.1. The number of rotatable bonds is 4. The summed E-state index contributed by atoms with van der Waals surface area (Å²) in [5, 5.41) is 47.8. The van der Waals surface area contributed by atoms with Crippen molar-refractivity contribution in [2.24, 2.45) is 0 Å². The average molecular weight is 1030 g/mol. The highest BCUT2D eigenvalue weighted by Crippen LogP contribution is 2.69. The number of para-hydroxylation sites is 2. The molecule has 9 aromatic rings. The van der Waals surface area contributed by atoms with E-state index in [0.29, 0.717) is 22.2 Å². The molecule has 0 spiro atoms. The Bertz CT molecular complexity index is 3160. The molecule has 0 saturated heterocycles. The van der Waals surface area contributed by atoms with Gasteiger partial charge in [-0.15, -0.1) is 0 Å². The summed E-state index contributed by atoms with van der Waals surface area (Å²) in [7, 11) is -5.43. The molecule has 0 aliphatic carbocycles. The van der Waals surface area contributed by atoms with Gasteiger partial charge in [0.05, 0.1) is 9.92 Å². The number of aliphatic hydroxyl groups is 1. The first-order chi connectivity index (χ1) is 31.8. The first-order valence-corrected chi connectivity index (χ1v) is 24.8. The molecule has 13 heteroatoms. The van der Waals surface area contributed by atoms with E-state index in [4.69, 9.17) is 24.0 Å². The summed E-state index contributed by atoms with van der Waals surface area (Å²) in [6, 6.07) is 59.3. The van der Waals surface area contributed by atoms with Crippen molar-refractivity contribution in [1.29, 1.82) is 0 Å². The second-order valence-electron chi connectivity index (χ2n) is 14.7. The minimum absolute atomic E-state index is 0.0646. The summed E-state index contributed by atoms with van der Waals surface area (Å²) in [5.41, 5.74) is 4.39. The largest absolute Gasteiger partial charge is 0.597 e. The van der Waals surface area contributed by atoms with E-state index in [1.54, 1.807) is 19.1 Å². The Morgan fingerprint density at radius 1 is 0.621 bits per heavy atom. The Hall–Kier alpha value is -6.75. The van der Waals surface area contributed by atoms with Gasteiger partial charge in [-0.2, -0.15) is 0 Å². The average Bonchev–Trinajstić information content (AvgIpc) is 3.33. The molecule has 1 aliphatic heterocycles. The fourth-order valence-electron chi connectivity index (χ4n) is 7.36. The van der Waals surface area contributed by atoms with Crippen molar-refractivity contribution in [3.8, 4) is 39.9 Å². The quantitative estimate of drug-likeness (QED) is 0.0375. The maximum Gasteiger partial charge on any atom is 0.597 e. The smallest absolute Gasteiger partial charge is 0.508 e. The molecule has 10 rings (SSSR count). The third-order valence-electron chi connectivity index (χ3n) is 10.5. The summed E-state index contributed by atoms with van der Waals surface area (Å²) >= 11 is 1.84. The predicted molar refractivity (Wildman–Crippen MR) is 271 cm³/mol. The Kier molecular flexibility index (Phi) is 16.6. The number of carbonyl (C=O) groups is 1. The van der Waals surface area contributed by atoms with Gasteiger partial charge in [0.25, 0.3) is 7.37 Å². The molecule has 2 heterocycles. The number of aliphatic hydroxyl groups excluding tert-OH is 1. The molecule has 1 aromatic heterocycles. The van der Waals surface area contributed by atoms with E-state index >= 15 is 4.57 Å². The molecule has 0 radical (unpaired) electrons. The molecule has 0 saturated carbocycles. The molecule has 10 nitrogen and oxygen atoms in total. The molecule has 0 fully saturated rings. The lowest BCUT2D eigenvalue weighted by molar-refractivity contribution is 0.101. The lowest BCUT2D eigenvalue weighted by atomic mass is 9.91. The van der Waals surface area contributed by atoms with Gasteiger partial charge in [0.1, 0.15) is 33.9 Å². The Morgan fingerprint density at radius 2 is 1.15 bits per heavy atom. The fourth-order valence-corrected chi connectivity index (χ4v) is 11.4. The fraction of sp³-hybridized carbons (Fsp3) is 0.0755. The number of phenols is 4. The van der Waals surface area contributed by atoms with E-state index in [2.05, 4.69) is 0 Å². The van der Waals surface area contributed by atoms with Crippen molar-refractivity contribution >= 4 is 70.2 Å². The molecule has 0 amide bonds. The van der Waals surface area contributed by atoms with Crippen LogP contribution in [-0.2, 0) is 14.3 Å². The zero-order chi connectivity index (χ0) is 47.3. The Morgan fingerprint density at radius 3 is 1.76 bits per heavy atom. The van der Waals surface area contributed by atoms with Crippen LogP contribution in [0, 0.1) is 0 Å². The topological polar surface area (TPSA) is 175 Å². The number of hydrogen-bond acceptors (Lipinski definition) is 10. The van der Waals surface area contributed by atoms with E-state index in [9.17, 15) is 19.6 Å². The predicted octanol–water partition coefficient (Wildman–Crippen LogP) is 13.7. The molecule has 0 bridgehead atoms. The van der Waals surface area contributed by atoms with E-state index in [1.165, 1.54) is 30.3 Å². The van der Waals surface area contributed by atoms with Gasteiger partial charge >= 0.3 is 7.65 Å². The van der Waals surface area contributed by atoms with Crippen LogP contribution in [0.2, 0.25) is 0 Å². The van der Waals surface area contributed by atoms with Crippen molar-refractivity contribution < 1.29 is 48.2 Å². The molecule has 8 aromatic carbocycles. The first kappa shape index (κ1) is 48.7. The minimum Gasteiger partial charge on any atom is -0.508 e. The second kappa shape index (κ2) is 22.4. The van der Waals surface area contributed by atoms with Crippen LogP contribution >= 0.6 is 37.6 Å². The lowest BCUT2D eigenvalue weighted by Crippen LogP contribution is -2.34. The molecule has 1 aliphatic rings. The molecule has 66 heavy (non-hydrogen) atoms. The van der Waals surface area contributed by atoms with Crippen molar-refractivity contribution in [3.63, 3.8) is 0 Å². The van der Waals surface area contributed by atoms with Gasteiger partial charge in [-0.25, -0.2) is 4.20 Å². The van der Waals surface area contributed by atoms with Gasteiger partial charge in [0.2, 0.25) is 5.12 Å². The van der Waals surface area contributed by atoms with Gasteiger partial charge in [-0.05, 0) is 78.1 Å².